The van der Waals surface area contributed by atoms with E-state index in [9.17, 15) is 4.79 Å². The lowest BCUT2D eigenvalue weighted by molar-refractivity contribution is -0.130. The molecule has 0 radical (unpaired) electrons. The summed E-state index contributed by atoms with van der Waals surface area (Å²) in [6, 6.07) is 7.97. The summed E-state index contributed by atoms with van der Waals surface area (Å²) in [4.78, 5) is 13.5. The third kappa shape index (κ3) is 3.87. The van der Waals surface area contributed by atoms with E-state index in [0.717, 1.165) is 18.4 Å². The molecular weight excluding hydrogens is 259 g/mol. The van der Waals surface area contributed by atoms with Crippen molar-refractivity contribution in [1.29, 1.82) is 0 Å². The van der Waals surface area contributed by atoms with Crippen molar-refractivity contribution in [3.05, 3.63) is 34.9 Å². The minimum absolute atomic E-state index is 0. The van der Waals surface area contributed by atoms with Crippen molar-refractivity contribution >= 4 is 29.9 Å². The van der Waals surface area contributed by atoms with Crippen molar-refractivity contribution in [3.8, 4) is 0 Å². The number of nitrogens with zero attached hydrogens (tertiary/aromatic N) is 1. The van der Waals surface area contributed by atoms with Gasteiger partial charge in [0.25, 0.3) is 0 Å². The molecule has 5 heteroatoms. The van der Waals surface area contributed by atoms with Crippen LogP contribution in [-0.4, -0.2) is 23.4 Å². The normalized spacial score (nSPS) is 14.0. The van der Waals surface area contributed by atoms with Crippen LogP contribution in [0.1, 0.15) is 18.4 Å². The predicted octanol–water partition coefficient (Wildman–Crippen LogP) is 2.21. The highest BCUT2D eigenvalue weighted by molar-refractivity contribution is 6.30. The Bertz CT molecular complexity index is 377. The summed E-state index contributed by atoms with van der Waals surface area (Å²) >= 11 is 5.81. The molecule has 1 amide bonds. The van der Waals surface area contributed by atoms with E-state index < -0.39 is 0 Å². The van der Waals surface area contributed by atoms with Gasteiger partial charge in [0.15, 0.2) is 0 Å². The van der Waals surface area contributed by atoms with Gasteiger partial charge in [-0.15, -0.1) is 12.4 Å². The van der Waals surface area contributed by atoms with Crippen LogP contribution in [0.4, 0.5) is 0 Å². The number of hydrogen-bond donors (Lipinski definition) is 1. The molecule has 1 saturated carbocycles. The number of carbonyl (C=O) groups excluding carboxylic acids is 1. The van der Waals surface area contributed by atoms with E-state index in [1.54, 1.807) is 0 Å². The van der Waals surface area contributed by atoms with Gasteiger partial charge in [-0.1, -0.05) is 23.7 Å². The molecular formula is C12H16Cl2N2O. The fourth-order valence-electron chi connectivity index (χ4n) is 1.71. The van der Waals surface area contributed by atoms with Crippen molar-refractivity contribution in [2.75, 3.05) is 6.54 Å². The number of halogens is 2. The van der Waals surface area contributed by atoms with Crippen molar-refractivity contribution < 1.29 is 4.79 Å². The summed E-state index contributed by atoms with van der Waals surface area (Å²) in [6.07, 6.45) is 2.19. The quantitative estimate of drug-likeness (QED) is 0.915. The van der Waals surface area contributed by atoms with E-state index in [-0.39, 0.29) is 24.9 Å². The molecule has 1 fully saturated rings. The summed E-state index contributed by atoms with van der Waals surface area (Å²) in [5.74, 6) is 0.0254. The van der Waals surface area contributed by atoms with E-state index in [4.69, 9.17) is 17.3 Å². The van der Waals surface area contributed by atoms with Crippen molar-refractivity contribution in [2.45, 2.75) is 25.4 Å². The largest absolute Gasteiger partial charge is 0.334 e. The summed E-state index contributed by atoms with van der Waals surface area (Å²) in [5, 5.41) is 0.715. The molecule has 2 rings (SSSR count). The van der Waals surface area contributed by atoms with Gasteiger partial charge in [0.1, 0.15) is 0 Å². The maximum atomic E-state index is 11.6. The molecule has 1 aromatic carbocycles. The zero-order chi connectivity index (χ0) is 11.5. The van der Waals surface area contributed by atoms with Gasteiger partial charge in [0.2, 0.25) is 5.91 Å². The molecule has 3 nitrogen and oxygen atoms in total. The average Bonchev–Trinajstić information content (AvgIpc) is 3.11. The number of hydrogen-bond acceptors (Lipinski definition) is 2. The SMILES string of the molecule is Cl.NCC(=O)N(Cc1ccc(Cl)cc1)C1CC1. The lowest BCUT2D eigenvalue weighted by Crippen LogP contribution is -2.37. The zero-order valence-electron chi connectivity index (χ0n) is 9.43. The molecule has 94 valence electrons. The first-order valence-electron chi connectivity index (χ1n) is 5.44. The Morgan fingerprint density at radius 2 is 1.94 bits per heavy atom. The molecule has 1 aromatic rings. The molecule has 0 bridgehead atoms. The second-order valence-electron chi connectivity index (χ2n) is 4.08. The van der Waals surface area contributed by atoms with Crippen molar-refractivity contribution in [3.63, 3.8) is 0 Å². The highest BCUT2D eigenvalue weighted by atomic mass is 35.5. The van der Waals surface area contributed by atoms with Gasteiger partial charge in [-0.3, -0.25) is 4.79 Å². The molecule has 0 atom stereocenters. The van der Waals surface area contributed by atoms with Gasteiger partial charge in [0.05, 0.1) is 6.54 Å². The standard InChI is InChI=1S/C12H15ClN2O.ClH/c13-10-3-1-9(2-4-10)8-15(11-5-6-11)12(16)7-14;/h1-4,11H,5-8,14H2;1H. The molecule has 1 aliphatic carbocycles. The first kappa shape index (κ1) is 14.3. The number of nitrogens with two attached hydrogens (primary N) is 1. The number of rotatable bonds is 4. The molecule has 1 aliphatic rings. The molecule has 0 unspecified atom stereocenters. The monoisotopic (exact) mass is 274 g/mol. The number of amides is 1. The highest BCUT2D eigenvalue weighted by Crippen LogP contribution is 2.28. The van der Waals surface area contributed by atoms with Gasteiger partial charge < -0.3 is 10.6 Å². The van der Waals surface area contributed by atoms with Crippen molar-refractivity contribution in [2.24, 2.45) is 5.73 Å². The van der Waals surface area contributed by atoms with Crippen LogP contribution in [0.5, 0.6) is 0 Å². The second-order valence-corrected chi connectivity index (χ2v) is 4.52. The maximum Gasteiger partial charge on any atom is 0.236 e. The van der Waals surface area contributed by atoms with Crippen LogP contribution >= 0.6 is 24.0 Å². The van der Waals surface area contributed by atoms with Crippen LogP contribution in [0.15, 0.2) is 24.3 Å². The number of benzene rings is 1. The second kappa shape index (κ2) is 6.24. The Balaban J connectivity index is 0.00000144. The lowest BCUT2D eigenvalue weighted by Gasteiger charge is -2.21. The van der Waals surface area contributed by atoms with E-state index >= 15 is 0 Å². The zero-order valence-corrected chi connectivity index (χ0v) is 11.0. The first-order chi connectivity index (χ1) is 7.70. The van der Waals surface area contributed by atoms with Crippen LogP contribution < -0.4 is 5.73 Å². The van der Waals surface area contributed by atoms with Crippen LogP contribution in [0.3, 0.4) is 0 Å². The Hall–Kier alpha value is -0.770. The molecule has 0 heterocycles. The molecule has 17 heavy (non-hydrogen) atoms. The summed E-state index contributed by atoms with van der Waals surface area (Å²) < 4.78 is 0. The minimum atomic E-state index is 0. The van der Waals surface area contributed by atoms with Crippen LogP contribution in [0.25, 0.3) is 0 Å². The fourth-order valence-corrected chi connectivity index (χ4v) is 1.84. The van der Waals surface area contributed by atoms with Crippen LogP contribution in [0.2, 0.25) is 5.02 Å². The maximum absolute atomic E-state index is 11.6. The fraction of sp³-hybridized carbons (Fsp3) is 0.417. The molecule has 0 aromatic heterocycles. The summed E-state index contributed by atoms with van der Waals surface area (Å²) in [7, 11) is 0. The van der Waals surface area contributed by atoms with E-state index in [2.05, 4.69) is 0 Å². The molecule has 2 N–H and O–H groups in total. The van der Waals surface area contributed by atoms with E-state index in [1.165, 1.54) is 0 Å². The number of carbonyl (C=O) groups is 1. The lowest BCUT2D eigenvalue weighted by atomic mass is 10.2. The Labute approximate surface area is 112 Å². The average molecular weight is 275 g/mol. The van der Waals surface area contributed by atoms with Gasteiger partial charge in [0, 0.05) is 17.6 Å². The highest BCUT2D eigenvalue weighted by Gasteiger charge is 2.31. The van der Waals surface area contributed by atoms with Crippen LogP contribution in [-0.2, 0) is 11.3 Å². The van der Waals surface area contributed by atoms with Gasteiger partial charge in [-0.05, 0) is 30.5 Å². The Morgan fingerprint density at radius 1 is 1.35 bits per heavy atom. The van der Waals surface area contributed by atoms with Crippen molar-refractivity contribution in [1.82, 2.24) is 4.90 Å². The first-order valence-corrected chi connectivity index (χ1v) is 5.82. The van der Waals surface area contributed by atoms with Gasteiger partial charge in [-0.25, -0.2) is 0 Å². The van der Waals surface area contributed by atoms with E-state index in [1.807, 2.05) is 29.2 Å². The Kier molecular flexibility index (Phi) is 5.25. The molecule has 0 spiro atoms. The summed E-state index contributed by atoms with van der Waals surface area (Å²) in [6.45, 7) is 0.724. The van der Waals surface area contributed by atoms with E-state index in [0.29, 0.717) is 17.6 Å². The summed E-state index contributed by atoms with van der Waals surface area (Å²) in [5.41, 5.74) is 6.50. The third-order valence-corrected chi connectivity index (χ3v) is 3.00. The smallest absolute Gasteiger partial charge is 0.236 e. The van der Waals surface area contributed by atoms with Crippen LogP contribution in [0, 0.1) is 0 Å². The third-order valence-electron chi connectivity index (χ3n) is 2.75. The van der Waals surface area contributed by atoms with Gasteiger partial charge in [-0.2, -0.15) is 0 Å². The van der Waals surface area contributed by atoms with Gasteiger partial charge >= 0.3 is 0 Å². The molecule has 0 saturated heterocycles. The predicted molar refractivity (Wildman–Crippen MR) is 71.3 cm³/mol. The minimum Gasteiger partial charge on any atom is -0.334 e. The topological polar surface area (TPSA) is 46.3 Å². The molecule has 0 aliphatic heterocycles. The Morgan fingerprint density at radius 3 is 2.41 bits per heavy atom.